The second kappa shape index (κ2) is 8.93. The zero-order valence-electron chi connectivity index (χ0n) is 12.5. The lowest BCUT2D eigenvalue weighted by Crippen LogP contribution is -1.95. The molecule has 0 amide bonds. The highest BCUT2D eigenvalue weighted by Gasteiger charge is 1.94. The van der Waals surface area contributed by atoms with Crippen LogP contribution < -0.4 is 5.43 Å². The third kappa shape index (κ3) is 5.79. The molecule has 0 spiro atoms. The maximum absolute atomic E-state index is 5.59. The van der Waals surface area contributed by atoms with Gasteiger partial charge in [-0.1, -0.05) is 55.8 Å². The van der Waals surface area contributed by atoms with E-state index in [9.17, 15) is 0 Å². The molecule has 3 heteroatoms. The molecule has 0 heterocycles. The van der Waals surface area contributed by atoms with E-state index in [-0.39, 0.29) is 0 Å². The molecule has 0 saturated carbocycles. The van der Waals surface area contributed by atoms with Crippen LogP contribution in [0.1, 0.15) is 30.9 Å². The molecule has 21 heavy (non-hydrogen) atoms. The first-order valence-corrected chi connectivity index (χ1v) is 7.39. The predicted octanol–water partition coefficient (Wildman–Crippen LogP) is 4.45. The maximum Gasteiger partial charge on any atom is 0.0716 e. The molecule has 0 aliphatic heterocycles. The molecule has 2 aromatic rings. The Hall–Kier alpha value is -2.13. The minimum Gasteiger partial charge on any atom is -0.377 e. The Morgan fingerprint density at radius 2 is 1.81 bits per heavy atom. The Labute approximate surface area is 126 Å². The van der Waals surface area contributed by atoms with Crippen LogP contribution >= 0.6 is 0 Å². The zero-order valence-corrected chi connectivity index (χ0v) is 12.5. The van der Waals surface area contributed by atoms with Crippen molar-refractivity contribution in [2.75, 3.05) is 12.0 Å². The number of nitrogens with zero attached hydrogens (tertiary/aromatic N) is 1. The molecule has 0 saturated heterocycles. The maximum atomic E-state index is 5.59. The Kier molecular flexibility index (Phi) is 6.49. The van der Waals surface area contributed by atoms with Crippen LogP contribution in [0.15, 0.2) is 59.7 Å². The molecule has 2 aromatic carbocycles. The summed E-state index contributed by atoms with van der Waals surface area (Å²) in [6.45, 7) is 3.68. The number of unbranched alkanes of at least 4 members (excludes halogenated alkanes) is 1. The standard InChI is InChI=1S/C18H22N2O/c1-2-3-13-21-15-17-11-9-16(10-12-17)14-19-20-18-7-5-4-6-8-18/h4-12,14,20H,2-3,13,15H2,1H3. The number of rotatable bonds is 8. The minimum absolute atomic E-state index is 0.680. The van der Waals surface area contributed by atoms with Crippen molar-refractivity contribution in [3.63, 3.8) is 0 Å². The molecule has 0 aromatic heterocycles. The van der Waals surface area contributed by atoms with E-state index in [1.54, 1.807) is 0 Å². The van der Waals surface area contributed by atoms with Gasteiger partial charge < -0.3 is 4.74 Å². The molecule has 110 valence electrons. The molecule has 0 unspecified atom stereocenters. The van der Waals surface area contributed by atoms with Crippen molar-refractivity contribution in [3.05, 3.63) is 65.7 Å². The van der Waals surface area contributed by atoms with Gasteiger partial charge in [-0.3, -0.25) is 5.43 Å². The number of hydrogen-bond donors (Lipinski definition) is 1. The van der Waals surface area contributed by atoms with Gasteiger partial charge in [0.15, 0.2) is 0 Å². The van der Waals surface area contributed by atoms with E-state index in [4.69, 9.17) is 4.74 Å². The summed E-state index contributed by atoms with van der Waals surface area (Å²) in [5, 5.41) is 4.22. The van der Waals surface area contributed by atoms with Crippen molar-refractivity contribution in [1.82, 2.24) is 0 Å². The lowest BCUT2D eigenvalue weighted by atomic mass is 10.1. The van der Waals surface area contributed by atoms with Crippen molar-refractivity contribution < 1.29 is 4.74 Å². The van der Waals surface area contributed by atoms with Gasteiger partial charge >= 0.3 is 0 Å². The van der Waals surface area contributed by atoms with E-state index in [0.717, 1.165) is 24.3 Å². The normalized spacial score (nSPS) is 10.9. The van der Waals surface area contributed by atoms with Gasteiger partial charge in [0.2, 0.25) is 0 Å². The number of hydrazone groups is 1. The highest BCUT2D eigenvalue weighted by molar-refractivity contribution is 5.80. The predicted molar refractivity (Wildman–Crippen MR) is 88.7 cm³/mol. The van der Waals surface area contributed by atoms with Crippen LogP contribution in [0.2, 0.25) is 0 Å². The quantitative estimate of drug-likeness (QED) is 0.441. The second-order valence-corrected chi connectivity index (χ2v) is 4.88. The molecule has 0 atom stereocenters. The van der Waals surface area contributed by atoms with E-state index < -0.39 is 0 Å². The van der Waals surface area contributed by atoms with Crippen LogP contribution in [-0.4, -0.2) is 12.8 Å². The van der Waals surface area contributed by atoms with Crippen molar-refractivity contribution in [3.8, 4) is 0 Å². The van der Waals surface area contributed by atoms with Gasteiger partial charge in [0.25, 0.3) is 0 Å². The monoisotopic (exact) mass is 282 g/mol. The Morgan fingerprint density at radius 1 is 1.05 bits per heavy atom. The van der Waals surface area contributed by atoms with Gasteiger partial charge in [-0.25, -0.2) is 0 Å². The second-order valence-electron chi connectivity index (χ2n) is 4.88. The summed E-state index contributed by atoms with van der Waals surface area (Å²) in [5.41, 5.74) is 6.24. The van der Waals surface area contributed by atoms with Gasteiger partial charge in [-0.05, 0) is 29.7 Å². The molecule has 3 nitrogen and oxygen atoms in total. The molecular weight excluding hydrogens is 260 g/mol. The number of hydrogen-bond acceptors (Lipinski definition) is 3. The van der Waals surface area contributed by atoms with E-state index in [0.29, 0.717) is 6.61 Å². The van der Waals surface area contributed by atoms with Crippen LogP contribution in [0, 0.1) is 0 Å². The molecule has 0 aliphatic carbocycles. The third-order valence-electron chi connectivity index (χ3n) is 3.07. The third-order valence-corrected chi connectivity index (χ3v) is 3.07. The summed E-state index contributed by atoms with van der Waals surface area (Å²) in [6.07, 6.45) is 4.11. The van der Waals surface area contributed by atoms with Crippen molar-refractivity contribution in [2.24, 2.45) is 5.10 Å². The smallest absolute Gasteiger partial charge is 0.0716 e. The van der Waals surface area contributed by atoms with Gasteiger partial charge in [0.1, 0.15) is 0 Å². The molecule has 0 aliphatic rings. The highest BCUT2D eigenvalue weighted by Crippen LogP contribution is 2.06. The highest BCUT2D eigenvalue weighted by atomic mass is 16.5. The lowest BCUT2D eigenvalue weighted by Gasteiger charge is -2.04. The average molecular weight is 282 g/mol. The van der Waals surface area contributed by atoms with Crippen molar-refractivity contribution >= 4 is 11.9 Å². The number of anilines is 1. The molecule has 1 N–H and O–H groups in total. The fraction of sp³-hybridized carbons (Fsp3) is 0.278. The number of para-hydroxylation sites is 1. The van der Waals surface area contributed by atoms with E-state index in [1.807, 2.05) is 36.5 Å². The Bertz CT molecular complexity index is 535. The van der Waals surface area contributed by atoms with Crippen molar-refractivity contribution in [1.29, 1.82) is 0 Å². The summed E-state index contributed by atoms with van der Waals surface area (Å²) in [6, 6.07) is 18.2. The summed E-state index contributed by atoms with van der Waals surface area (Å²) < 4.78 is 5.59. The van der Waals surface area contributed by atoms with Gasteiger partial charge in [0.05, 0.1) is 18.5 Å². The number of ether oxygens (including phenoxy) is 1. The summed E-state index contributed by atoms with van der Waals surface area (Å²) >= 11 is 0. The summed E-state index contributed by atoms with van der Waals surface area (Å²) in [4.78, 5) is 0. The largest absolute Gasteiger partial charge is 0.377 e. The molecular formula is C18H22N2O. The van der Waals surface area contributed by atoms with Crippen LogP contribution in [0.3, 0.4) is 0 Å². The minimum atomic E-state index is 0.680. The first-order valence-electron chi connectivity index (χ1n) is 7.39. The molecule has 0 bridgehead atoms. The number of nitrogens with one attached hydrogen (secondary N) is 1. The Balaban J connectivity index is 1.79. The summed E-state index contributed by atoms with van der Waals surface area (Å²) in [5.74, 6) is 0. The first-order chi connectivity index (χ1) is 10.4. The van der Waals surface area contributed by atoms with Crippen LogP contribution in [0.5, 0.6) is 0 Å². The molecule has 0 radical (unpaired) electrons. The average Bonchev–Trinajstić information content (AvgIpc) is 2.54. The zero-order chi connectivity index (χ0) is 14.8. The van der Waals surface area contributed by atoms with Crippen LogP contribution in [0.25, 0.3) is 0 Å². The topological polar surface area (TPSA) is 33.6 Å². The van der Waals surface area contributed by atoms with E-state index >= 15 is 0 Å². The molecule has 0 fully saturated rings. The van der Waals surface area contributed by atoms with Crippen LogP contribution in [0.4, 0.5) is 5.69 Å². The Morgan fingerprint density at radius 3 is 2.52 bits per heavy atom. The van der Waals surface area contributed by atoms with Crippen LogP contribution in [-0.2, 0) is 11.3 Å². The SMILES string of the molecule is CCCCOCc1ccc(C=NNc2ccccc2)cc1. The van der Waals surface area contributed by atoms with Gasteiger partial charge in [-0.15, -0.1) is 0 Å². The fourth-order valence-corrected chi connectivity index (χ4v) is 1.83. The first kappa shape index (κ1) is 15.3. The lowest BCUT2D eigenvalue weighted by molar-refractivity contribution is 0.118. The molecule has 2 rings (SSSR count). The van der Waals surface area contributed by atoms with Crippen molar-refractivity contribution in [2.45, 2.75) is 26.4 Å². The number of benzene rings is 2. The summed E-state index contributed by atoms with van der Waals surface area (Å²) in [7, 11) is 0. The fourth-order valence-electron chi connectivity index (χ4n) is 1.83. The van der Waals surface area contributed by atoms with Gasteiger partial charge in [0, 0.05) is 6.61 Å². The van der Waals surface area contributed by atoms with E-state index in [2.05, 4.69) is 41.7 Å². The van der Waals surface area contributed by atoms with Gasteiger partial charge in [-0.2, -0.15) is 5.10 Å². The van der Waals surface area contributed by atoms with E-state index in [1.165, 1.54) is 12.0 Å².